The standard InChI is InChI=1S/C9H14O/c1-5-6-2-7-4-10-9(5)8(7)3-6/h5-9H,2-4H2,1H3/t5?,6-,7+,8?,9?/m1/s1. The van der Waals surface area contributed by atoms with Crippen LogP contribution in [0.1, 0.15) is 19.8 Å². The van der Waals surface area contributed by atoms with E-state index in [1.165, 1.54) is 12.8 Å². The van der Waals surface area contributed by atoms with E-state index in [0.717, 1.165) is 30.3 Å². The summed E-state index contributed by atoms with van der Waals surface area (Å²) >= 11 is 0. The molecular formula is C9H14O. The lowest BCUT2D eigenvalue weighted by Gasteiger charge is -2.22. The quantitative estimate of drug-likeness (QED) is 0.495. The van der Waals surface area contributed by atoms with E-state index in [4.69, 9.17) is 4.74 Å². The second kappa shape index (κ2) is 1.58. The predicted molar refractivity (Wildman–Crippen MR) is 38.6 cm³/mol. The molecule has 2 aliphatic carbocycles. The van der Waals surface area contributed by atoms with Crippen LogP contribution in [0.5, 0.6) is 0 Å². The van der Waals surface area contributed by atoms with Gasteiger partial charge in [-0.05, 0) is 36.5 Å². The minimum atomic E-state index is 0.670. The minimum absolute atomic E-state index is 0.670. The second-order valence-electron chi connectivity index (χ2n) is 4.31. The van der Waals surface area contributed by atoms with Crippen molar-refractivity contribution in [3.8, 4) is 0 Å². The van der Waals surface area contributed by atoms with E-state index in [2.05, 4.69) is 6.92 Å². The van der Waals surface area contributed by atoms with Crippen molar-refractivity contribution in [2.45, 2.75) is 25.9 Å². The molecule has 0 N–H and O–H groups in total. The summed E-state index contributed by atoms with van der Waals surface area (Å²) in [5.74, 6) is 3.84. The van der Waals surface area contributed by atoms with Gasteiger partial charge in [0.2, 0.25) is 0 Å². The van der Waals surface area contributed by atoms with Gasteiger partial charge in [0.15, 0.2) is 0 Å². The highest BCUT2D eigenvalue weighted by atomic mass is 16.5. The van der Waals surface area contributed by atoms with Crippen molar-refractivity contribution in [1.29, 1.82) is 0 Å². The second-order valence-corrected chi connectivity index (χ2v) is 4.31. The van der Waals surface area contributed by atoms with Gasteiger partial charge in [-0.25, -0.2) is 0 Å². The number of rotatable bonds is 0. The smallest absolute Gasteiger partial charge is 0.0635 e. The van der Waals surface area contributed by atoms with Crippen LogP contribution in [0.2, 0.25) is 0 Å². The maximum atomic E-state index is 5.74. The van der Waals surface area contributed by atoms with Crippen LogP contribution in [0.4, 0.5) is 0 Å². The maximum Gasteiger partial charge on any atom is 0.0635 e. The van der Waals surface area contributed by atoms with Crippen LogP contribution in [0.15, 0.2) is 0 Å². The molecule has 3 aliphatic rings. The van der Waals surface area contributed by atoms with Gasteiger partial charge in [-0.3, -0.25) is 0 Å². The molecule has 3 fully saturated rings. The molecule has 3 unspecified atom stereocenters. The lowest BCUT2D eigenvalue weighted by molar-refractivity contribution is 0.0671. The van der Waals surface area contributed by atoms with Crippen LogP contribution < -0.4 is 0 Å². The summed E-state index contributed by atoms with van der Waals surface area (Å²) in [4.78, 5) is 0. The van der Waals surface area contributed by atoms with Crippen molar-refractivity contribution in [2.24, 2.45) is 23.7 Å². The Morgan fingerprint density at radius 1 is 1.20 bits per heavy atom. The summed E-state index contributed by atoms with van der Waals surface area (Å²) in [7, 11) is 0. The van der Waals surface area contributed by atoms with Gasteiger partial charge >= 0.3 is 0 Å². The summed E-state index contributed by atoms with van der Waals surface area (Å²) in [5.41, 5.74) is 0. The predicted octanol–water partition coefficient (Wildman–Crippen LogP) is 1.68. The molecule has 2 saturated carbocycles. The molecule has 10 heavy (non-hydrogen) atoms. The van der Waals surface area contributed by atoms with Crippen molar-refractivity contribution in [2.75, 3.05) is 6.61 Å². The SMILES string of the molecule is CC1C2OC[C@@H]3C[C@@H]1CC23. The molecule has 56 valence electrons. The molecule has 0 aromatic carbocycles. The summed E-state index contributed by atoms with van der Waals surface area (Å²) in [6.45, 7) is 3.45. The summed E-state index contributed by atoms with van der Waals surface area (Å²) in [6.07, 6.45) is 3.63. The topological polar surface area (TPSA) is 9.23 Å². The summed E-state index contributed by atoms with van der Waals surface area (Å²) in [6, 6.07) is 0. The van der Waals surface area contributed by atoms with Crippen LogP contribution in [-0.4, -0.2) is 12.7 Å². The average Bonchev–Trinajstić information content (AvgIpc) is 2.43. The molecule has 0 radical (unpaired) electrons. The highest BCUT2D eigenvalue weighted by Gasteiger charge is 2.55. The Labute approximate surface area is 61.8 Å². The van der Waals surface area contributed by atoms with E-state index in [1.54, 1.807) is 0 Å². The van der Waals surface area contributed by atoms with E-state index in [9.17, 15) is 0 Å². The van der Waals surface area contributed by atoms with Gasteiger partial charge in [-0.15, -0.1) is 0 Å². The minimum Gasteiger partial charge on any atom is -0.377 e. The fraction of sp³-hybridized carbons (Fsp3) is 1.00. The molecule has 0 aromatic rings. The Bertz CT molecular complexity index is 164. The van der Waals surface area contributed by atoms with Crippen LogP contribution >= 0.6 is 0 Å². The molecule has 5 atom stereocenters. The van der Waals surface area contributed by atoms with E-state index >= 15 is 0 Å². The van der Waals surface area contributed by atoms with Crippen LogP contribution in [0.3, 0.4) is 0 Å². The Balaban J connectivity index is 2.00. The Hall–Kier alpha value is -0.0400. The van der Waals surface area contributed by atoms with E-state index in [0.29, 0.717) is 6.10 Å². The van der Waals surface area contributed by atoms with Gasteiger partial charge in [0.05, 0.1) is 12.7 Å². The summed E-state index contributed by atoms with van der Waals surface area (Å²) in [5, 5.41) is 0. The van der Waals surface area contributed by atoms with Crippen LogP contribution in [0, 0.1) is 23.7 Å². The third-order valence-corrected chi connectivity index (χ3v) is 3.97. The maximum absolute atomic E-state index is 5.74. The van der Waals surface area contributed by atoms with Crippen LogP contribution in [0.25, 0.3) is 0 Å². The zero-order chi connectivity index (χ0) is 6.72. The lowest BCUT2D eigenvalue weighted by Crippen LogP contribution is -2.23. The van der Waals surface area contributed by atoms with Crippen molar-refractivity contribution in [3.05, 3.63) is 0 Å². The van der Waals surface area contributed by atoms with E-state index < -0.39 is 0 Å². The average molecular weight is 138 g/mol. The van der Waals surface area contributed by atoms with Crippen molar-refractivity contribution >= 4 is 0 Å². The monoisotopic (exact) mass is 138 g/mol. The fourth-order valence-corrected chi connectivity index (χ4v) is 3.39. The first-order valence-electron chi connectivity index (χ1n) is 4.48. The summed E-state index contributed by atoms with van der Waals surface area (Å²) < 4.78 is 5.74. The molecule has 1 aliphatic heterocycles. The molecule has 0 aromatic heterocycles. The van der Waals surface area contributed by atoms with E-state index in [1.807, 2.05) is 0 Å². The third-order valence-electron chi connectivity index (χ3n) is 3.97. The highest BCUT2D eigenvalue weighted by Crippen LogP contribution is 2.56. The zero-order valence-electron chi connectivity index (χ0n) is 6.42. The van der Waals surface area contributed by atoms with E-state index in [-0.39, 0.29) is 0 Å². The van der Waals surface area contributed by atoms with Crippen molar-refractivity contribution in [1.82, 2.24) is 0 Å². The molecular weight excluding hydrogens is 124 g/mol. The molecule has 2 bridgehead atoms. The molecule has 1 nitrogen and oxygen atoms in total. The Morgan fingerprint density at radius 3 is 2.80 bits per heavy atom. The Kier molecular flexibility index (Phi) is 0.883. The first kappa shape index (κ1) is 5.59. The lowest BCUT2D eigenvalue weighted by atomic mass is 9.84. The van der Waals surface area contributed by atoms with Gasteiger partial charge in [-0.1, -0.05) is 6.92 Å². The molecule has 0 spiro atoms. The third kappa shape index (κ3) is 0.460. The zero-order valence-corrected chi connectivity index (χ0v) is 6.42. The van der Waals surface area contributed by atoms with Crippen LogP contribution in [-0.2, 0) is 4.74 Å². The number of ether oxygens (including phenoxy) is 1. The highest BCUT2D eigenvalue weighted by molar-refractivity contribution is 5.03. The van der Waals surface area contributed by atoms with Gasteiger partial charge in [-0.2, -0.15) is 0 Å². The number of hydrogen-bond donors (Lipinski definition) is 0. The molecule has 0 amide bonds. The van der Waals surface area contributed by atoms with Gasteiger partial charge in [0, 0.05) is 0 Å². The van der Waals surface area contributed by atoms with Gasteiger partial charge in [0.25, 0.3) is 0 Å². The molecule has 1 heterocycles. The first-order valence-corrected chi connectivity index (χ1v) is 4.48. The molecule has 3 rings (SSSR count). The van der Waals surface area contributed by atoms with Gasteiger partial charge < -0.3 is 4.74 Å². The largest absolute Gasteiger partial charge is 0.377 e. The first-order chi connectivity index (χ1) is 4.86. The molecule has 1 saturated heterocycles. The fourth-order valence-electron chi connectivity index (χ4n) is 3.39. The van der Waals surface area contributed by atoms with Crippen molar-refractivity contribution in [3.63, 3.8) is 0 Å². The Morgan fingerprint density at radius 2 is 2.10 bits per heavy atom. The van der Waals surface area contributed by atoms with Gasteiger partial charge in [0.1, 0.15) is 0 Å². The van der Waals surface area contributed by atoms with Crippen molar-refractivity contribution < 1.29 is 4.74 Å². The normalized spacial score (nSPS) is 63.9. The number of fused-ring (bicyclic) bond motifs is 1. The molecule has 1 heteroatoms. The number of hydrogen-bond acceptors (Lipinski definition) is 1.